The molecular weight excluding hydrogens is 468 g/mol. The third-order valence-corrected chi connectivity index (χ3v) is 6.08. The topological polar surface area (TPSA) is 117 Å². The maximum Gasteiger partial charge on any atom is 0.257 e. The molecule has 0 saturated heterocycles. The van der Waals surface area contributed by atoms with E-state index in [-0.39, 0.29) is 17.4 Å². The maximum atomic E-state index is 13.8. The summed E-state index contributed by atoms with van der Waals surface area (Å²) in [4.78, 5) is 27.4. The molecule has 0 bridgehead atoms. The summed E-state index contributed by atoms with van der Waals surface area (Å²) in [5.41, 5.74) is 3.11. The summed E-state index contributed by atoms with van der Waals surface area (Å²) in [6.07, 6.45) is 4.97. The second kappa shape index (κ2) is 8.95. The maximum absolute atomic E-state index is 13.8. The minimum absolute atomic E-state index is 0.0642. The number of fused-ring (bicyclic) bond motifs is 1. The number of aryl methyl sites for hydroxylation is 2. The first-order chi connectivity index (χ1) is 17.5. The summed E-state index contributed by atoms with van der Waals surface area (Å²) >= 11 is 0. The van der Waals surface area contributed by atoms with Gasteiger partial charge < -0.3 is 9.73 Å². The molecule has 0 aliphatic carbocycles. The van der Waals surface area contributed by atoms with E-state index in [4.69, 9.17) is 14.5 Å². The first-order valence-corrected chi connectivity index (χ1v) is 12.2. The van der Waals surface area contributed by atoms with Gasteiger partial charge in [0, 0.05) is 35.5 Å². The minimum Gasteiger partial charge on any atom is -0.466 e. The Kier molecular flexibility index (Phi) is 5.89. The number of rotatable bonds is 5. The number of amides is 1. The lowest BCUT2D eigenvalue weighted by atomic mass is 9.92. The van der Waals surface area contributed by atoms with E-state index in [9.17, 15) is 4.79 Å². The minimum atomic E-state index is -0.313. The van der Waals surface area contributed by atoms with Crippen LogP contribution in [-0.4, -0.2) is 40.4 Å². The van der Waals surface area contributed by atoms with Crippen LogP contribution in [0, 0.1) is 13.8 Å². The Bertz CT molecular complexity index is 1600. The summed E-state index contributed by atoms with van der Waals surface area (Å²) in [6, 6.07) is 7.37. The van der Waals surface area contributed by atoms with E-state index in [1.54, 1.807) is 35.4 Å². The molecule has 1 amide bonds. The summed E-state index contributed by atoms with van der Waals surface area (Å²) in [6.45, 7) is 14.0. The Morgan fingerprint density at radius 2 is 1.81 bits per heavy atom. The van der Waals surface area contributed by atoms with Gasteiger partial charge in [0.15, 0.2) is 5.65 Å². The first kappa shape index (κ1) is 24.4. The van der Waals surface area contributed by atoms with Crippen molar-refractivity contribution in [3.63, 3.8) is 0 Å². The number of nitrogens with zero attached hydrogens (tertiary/aromatic N) is 7. The van der Waals surface area contributed by atoms with Gasteiger partial charge in [-0.15, -0.1) is 0 Å². The van der Waals surface area contributed by atoms with Gasteiger partial charge in [-0.25, -0.2) is 19.6 Å². The Hall–Kier alpha value is -4.34. The lowest BCUT2D eigenvalue weighted by Gasteiger charge is -2.13. The first-order valence-electron chi connectivity index (χ1n) is 12.2. The molecule has 37 heavy (non-hydrogen) atoms. The molecule has 5 rings (SSSR count). The fourth-order valence-corrected chi connectivity index (χ4v) is 4.18. The van der Waals surface area contributed by atoms with Gasteiger partial charge in [0.2, 0.25) is 0 Å². The van der Waals surface area contributed by atoms with Gasteiger partial charge >= 0.3 is 0 Å². The van der Waals surface area contributed by atoms with Crippen molar-refractivity contribution in [2.45, 2.75) is 59.9 Å². The molecule has 0 unspecified atom stereocenters. The summed E-state index contributed by atoms with van der Waals surface area (Å²) in [7, 11) is 0. The smallest absolute Gasteiger partial charge is 0.257 e. The van der Waals surface area contributed by atoms with Crippen LogP contribution in [0.5, 0.6) is 0 Å². The van der Waals surface area contributed by atoms with Crippen LogP contribution in [0.2, 0.25) is 0 Å². The molecule has 190 valence electrons. The van der Waals surface area contributed by atoms with Crippen molar-refractivity contribution in [2.24, 2.45) is 0 Å². The van der Waals surface area contributed by atoms with Gasteiger partial charge in [-0.1, -0.05) is 20.8 Å². The Balaban J connectivity index is 1.64. The zero-order valence-electron chi connectivity index (χ0n) is 22.1. The second-order valence-corrected chi connectivity index (χ2v) is 10.4. The van der Waals surface area contributed by atoms with Crippen LogP contribution in [0.25, 0.3) is 28.2 Å². The fraction of sp³-hybridized carbons (Fsp3) is 0.333. The molecule has 10 nitrogen and oxygen atoms in total. The predicted molar refractivity (Wildman–Crippen MR) is 141 cm³/mol. The molecule has 0 aliphatic heterocycles. The van der Waals surface area contributed by atoms with Gasteiger partial charge in [0.1, 0.15) is 17.3 Å². The van der Waals surface area contributed by atoms with E-state index in [0.717, 1.165) is 22.8 Å². The second-order valence-electron chi connectivity index (χ2n) is 10.4. The van der Waals surface area contributed by atoms with Crippen molar-refractivity contribution in [3.8, 4) is 17.2 Å². The molecule has 1 N–H and O–H groups in total. The summed E-state index contributed by atoms with van der Waals surface area (Å²) in [5.74, 6) is 2.04. The molecule has 5 heterocycles. The van der Waals surface area contributed by atoms with Gasteiger partial charge in [0.05, 0.1) is 28.5 Å². The number of hydrogen-bond acceptors (Lipinski definition) is 7. The van der Waals surface area contributed by atoms with E-state index < -0.39 is 0 Å². The van der Waals surface area contributed by atoms with Crippen molar-refractivity contribution in [1.82, 2.24) is 34.5 Å². The zero-order chi connectivity index (χ0) is 26.5. The van der Waals surface area contributed by atoms with Gasteiger partial charge in [-0.2, -0.15) is 14.9 Å². The van der Waals surface area contributed by atoms with Gasteiger partial charge in [-0.05, 0) is 45.9 Å². The SMILES string of the molecule is Cc1cc(-c2cc(C(=O)Nc3cc(C(C)(C)C)nn3-c3ncccn3)c3cnn(C(C)C)c3n2)c(C)o1. The number of carbonyl (C=O) groups excluding carboxylic acids is 1. The number of nitrogens with one attached hydrogen (secondary N) is 1. The number of aromatic nitrogens is 7. The van der Waals surface area contributed by atoms with E-state index in [0.29, 0.717) is 34.1 Å². The summed E-state index contributed by atoms with van der Waals surface area (Å²) < 4.78 is 9.12. The standard InChI is InChI=1S/C27H30N8O2/c1-15(2)34-24-20(14-30-34)19(12-21(31-24)18-11-16(3)37-17(18)4)25(36)32-23-13-22(27(5,6)7)33-35(23)26-28-9-8-10-29-26/h8-15H,1-7H3,(H,32,36). The third kappa shape index (κ3) is 4.50. The normalized spacial score (nSPS) is 12.0. The molecule has 5 aromatic rings. The van der Waals surface area contributed by atoms with Crippen LogP contribution in [0.1, 0.15) is 68.2 Å². The molecule has 0 aromatic carbocycles. The fourth-order valence-electron chi connectivity index (χ4n) is 4.18. The third-order valence-electron chi connectivity index (χ3n) is 6.08. The molecule has 0 atom stereocenters. The highest BCUT2D eigenvalue weighted by Crippen LogP contribution is 2.31. The molecule has 0 radical (unpaired) electrons. The molecule has 0 aliphatic rings. The van der Waals surface area contributed by atoms with Crippen molar-refractivity contribution in [1.29, 1.82) is 0 Å². The molecule has 0 fully saturated rings. The van der Waals surface area contributed by atoms with Crippen LogP contribution in [0.15, 0.2) is 47.3 Å². The molecule has 0 saturated carbocycles. The van der Waals surface area contributed by atoms with Crippen LogP contribution >= 0.6 is 0 Å². The highest BCUT2D eigenvalue weighted by Gasteiger charge is 2.25. The van der Waals surface area contributed by atoms with Crippen molar-refractivity contribution >= 4 is 22.8 Å². The number of anilines is 1. The van der Waals surface area contributed by atoms with E-state index in [1.807, 2.05) is 44.5 Å². The predicted octanol–water partition coefficient (Wildman–Crippen LogP) is 5.41. The quantitative estimate of drug-likeness (QED) is 0.344. The zero-order valence-corrected chi connectivity index (χ0v) is 22.1. The van der Waals surface area contributed by atoms with Crippen molar-refractivity contribution in [3.05, 3.63) is 65.6 Å². The monoisotopic (exact) mass is 498 g/mol. The summed E-state index contributed by atoms with van der Waals surface area (Å²) in [5, 5.41) is 12.9. The Morgan fingerprint density at radius 3 is 2.43 bits per heavy atom. The van der Waals surface area contributed by atoms with E-state index in [1.165, 1.54) is 0 Å². The largest absolute Gasteiger partial charge is 0.466 e. The molecule has 5 aromatic heterocycles. The number of hydrogen-bond donors (Lipinski definition) is 1. The number of furan rings is 1. The van der Waals surface area contributed by atoms with Gasteiger partial charge in [0.25, 0.3) is 11.9 Å². The van der Waals surface area contributed by atoms with Crippen LogP contribution < -0.4 is 5.32 Å². The lowest BCUT2D eigenvalue weighted by Crippen LogP contribution is -2.17. The van der Waals surface area contributed by atoms with E-state index in [2.05, 4.69) is 41.2 Å². The number of pyridine rings is 1. The molecule has 10 heteroatoms. The Labute approximate surface area is 214 Å². The van der Waals surface area contributed by atoms with Crippen LogP contribution in [0.4, 0.5) is 5.82 Å². The van der Waals surface area contributed by atoms with Gasteiger partial charge in [-0.3, -0.25) is 4.79 Å². The molecule has 0 spiro atoms. The highest BCUT2D eigenvalue weighted by atomic mass is 16.3. The number of carbonyl (C=O) groups is 1. The van der Waals surface area contributed by atoms with Crippen LogP contribution in [0.3, 0.4) is 0 Å². The average Bonchev–Trinajstić information content (AvgIpc) is 3.55. The average molecular weight is 499 g/mol. The van der Waals surface area contributed by atoms with Crippen molar-refractivity contribution in [2.75, 3.05) is 5.32 Å². The highest BCUT2D eigenvalue weighted by molar-refractivity contribution is 6.12. The van der Waals surface area contributed by atoms with Crippen LogP contribution in [-0.2, 0) is 5.41 Å². The molecular formula is C27H30N8O2. The Morgan fingerprint density at radius 1 is 1.08 bits per heavy atom. The van der Waals surface area contributed by atoms with E-state index >= 15 is 0 Å². The lowest BCUT2D eigenvalue weighted by molar-refractivity contribution is 0.102. The van der Waals surface area contributed by atoms with Crippen molar-refractivity contribution < 1.29 is 9.21 Å².